The zero-order chi connectivity index (χ0) is 18.1. The second kappa shape index (κ2) is 7.11. The molecule has 4 aromatic rings. The number of nitrogens with one attached hydrogen (secondary N) is 1. The van der Waals surface area contributed by atoms with Crippen LogP contribution in [-0.2, 0) is 0 Å². The molecule has 2 aromatic heterocycles. The van der Waals surface area contributed by atoms with Gasteiger partial charge in [0.05, 0.1) is 15.8 Å². The number of aromatic nitrogens is 1. The van der Waals surface area contributed by atoms with Crippen molar-refractivity contribution in [1.29, 1.82) is 0 Å². The monoisotopic (exact) mass is 401 g/mol. The smallest absolute Gasteiger partial charge is 0.204 e. The van der Waals surface area contributed by atoms with Crippen LogP contribution in [0.4, 0.5) is 5.13 Å². The Balaban J connectivity index is 1.53. The van der Waals surface area contributed by atoms with E-state index in [2.05, 4.69) is 15.5 Å². The van der Waals surface area contributed by atoms with Crippen LogP contribution >= 0.6 is 34.5 Å². The van der Waals surface area contributed by atoms with Gasteiger partial charge in [-0.05, 0) is 36.8 Å². The van der Waals surface area contributed by atoms with Gasteiger partial charge < -0.3 is 4.42 Å². The van der Waals surface area contributed by atoms with Crippen LogP contribution in [0.15, 0.2) is 63.4 Å². The molecule has 0 atom stereocenters. The molecule has 0 saturated heterocycles. The molecule has 0 unspecified atom stereocenters. The van der Waals surface area contributed by atoms with Crippen LogP contribution in [-0.4, -0.2) is 10.7 Å². The fraction of sp³-hybridized carbons (Fsp3) is 0.0526. The van der Waals surface area contributed by atoms with Gasteiger partial charge in [-0.15, -0.1) is 11.3 Å². The Morgan fingerprint density at radius 2 is 1.96 bits per heavy atom. The van der Waals surface area contributed by atoms with Crippen molar-refractivity contribution in [2.24, 2.45) is 5.10 Å². The molecule has 7 heteroatoms. The van der Waals surface area contributed by atoms with Crippen molar-refractivity contribution in [1.82, 2.24) is 4.98 Å². The van der Waals surface area contributed by atoms with Gasteiger partial charge in [0.1, 0.15) is 11.3 Å². The Kier molecular flexibility index (Phi) is 4.68. The molecular formula is C19H13Cl2N3OS. The molecule has 0 amide bonds. The van der Waals surface area contributed by atoms with E-state index in [1.165, 1.54) is 11.3 Å². The van der Waals surface area contributed by atoms with Crippen LogP contribution in [0.1, 0.15) is 12.5 Å². The molecule has 0 saturated carbocycles. The molecule has 0 bridgehead atoms. The van der Waals surface area contributed by atoms with Crippen molar-refractivity contribution < 1.29 is 4.42 Å². The summed E-state index contributed by atoms with van der Waals surface area (Å²) in [6.07, 6.45) is 0. The van der Waals surface area contributed by atoms with Crippen molar-refractivity contribution in [2.45, 2.75) is 6.92 Å². The van der Waals surface area contributed by atoms with E-state index in [1.54, 1.807) is 12.1 Å². The number of thiazole rings is 1. The molecule has 2 aromatic carbocycles. The zero-order valence-electron chi connectivity index (χ0n) is 13.7. The Labute approximate surface area is 164 Å². The van der Waals surface area contributed by atoms with Gasteiger partial charge in [0.15, 0.2) is 5.76 Å². The molecule has 4 rings (SSSR count). The van der Waals surface area contributed by atoms with E-state index in [-0.39, 0.29) is 0 Å². The van der Waals surface area contributed by atoms with Crippen LogP contribution in [0.2, 0.25) is 10.0 Å². The van der Waals surface area contributed by atoms with Gasteiger partial charge in [-0.2, -0.15) is 5.10 Å². The Morgan fingerprint density at radius 3 is 2.77 bits per heavy atom. The van der Waals surface area contributed by atoms with E-state index < -0.39 is 0 Å². The van der Waals surface area contributed by atoms with Gasteiger partial charge >= 0.3 is 0 Å². The Morgan fingerprint density at radius 1 is 1.12 bits per heavy atom. The van der Waals surface area contributed by atoms with Crippen LogP contribution in [0.5, 0.6) is 0 Å². The van der Waals surface area contributed by atoms with Crippen LogP contribution in [0.3, 0.4) is 0 Å². The van der Waals surface area contributed by atoms with E-state index in [0.29, 0.717) is 15.2 Å². The summed E-state index contributed by atoms with van der Waals surface area (Å²) in [5, 5.41) is 9.06. The maximum absolute atomic E-state index is 6.05. The lowest BCUT2D eigenvalue weighted by molar-refractivity contribution is 0.629. The molecule has 0 radical (unpaired) electrons. The first-order chi connectivity index (χ1) is 12.6. The number of halogens is 2. The standard InChI is InChI=1S/C19H13Cl2N3OS/c1-11(12-6-7-14(20)15(21)8-12)23-24-19-22-16(10-26-19)18-9-13-4-2-3-5-17(13)25-18/h2-10H,1H3,(H,22,24)/b23-11+. The number of hydrogen-bond donors (Lipinski definition) is 1. The summed E-state index contributed by atoms with van der Waals surface area (Å²) in [6, 6.07) is 15.3. The van der Waals surface area contributed by atoms with Crippen molar-refractivity contribution in [3.8, 4) is 11.5 Å². The first-order valence-electron chi connectivity index (χ1n) is 7.80. The highest BCUT2D eigenvalue weighted by atomic mass is 35.5. The van der Waals surface area contributed by atoms with Crippen molar-refractivity contribution in [2.75, 3.05) is 5.43 Å². The molecule has 0 fully saturated rings. The molecule has 0 aliphatic heterocycles. The number of rotatable bonds is 4. The highest BCUT2D eigenvalue weighted by Gasteiger charge is 2.10. The zero-order valence-corrected chi connectivity index (χ0v) is 16.0. The summed E-state index contributed by atoms with van der Waals surface area (Å²) in [6.45, 7) is 1.89. The maximum atomic E-state index is 6.05. The lowest BCUT2D eigenvalue weighted by Crippen LogP contribution is -1.99. The van der Waals surface area contributed by atoms with Gasteiger partial charge in [-0.25, -0.2) is 4.98 Å². The highest BCUT2D eigenvalue weighted by Crippen LogP contribution is 2.30. The number of hydrogen-bond acceptors (Lipinski definition) is 5. The summed E-state index contributed by atoms with van der Waals surface area (Å²) >= 11 is 13.5. The van der Waals surface area contributed by atoms with E-state index in [4.69, 9.17) is 27.6 Å². The number of anilines is 1. The first kappa shape index (κ1) is 17.1. The fourth-order valence-corrected chi connectivity index (χ4v) is 3.40. The molecule has 0 spiro atoms. The number of hydrazone groups is 1. The molecule has 26 heavy (non-hydrogen) atoms. The van der Waals surface area contributed by atoms with E-state index >= 15 is 0 Å². The van der Waals surface area contributed by atoms with E-state index in [9.17, 15) is 0 Å². The number of para-hydroxylation sites is 1. The van der Waals surface area contributed by atoms with Gasteiger partial charge in [0, 0.05) is 10.8 Å². The largest absolute Gasteiger partial charge is 0.454 e. The molecule has 4 nitrogen and oxygen atoms in total. The van der Waals surface area contributed by atoms with Crippen LogP contribution < -0.4 is 5.43 Å². The Bertz CT molecular complexity index is 1080. The van der Waals surface area contributed by atoms with Crippen LogP contribution in [0, 0.1) is 0 Å². The summed E-state index contributed by atoms with van der Waals surface area (Å²) in [4.78, 5) is 4.53. The number of furan rings is 1. The third kappa shape index (κ3) is 3.46. The lowest BCUT2D eigenvalue weighted by Gasteiger charge is -2.03. The van der Waals surface area contributed by atoms with Crippen molar-refractivity contribution in [3.63, 3.8) is 0 Å². The van der Waals surface area contributed by atoms with E-state index in [0.717, 1.165) is 33.7 Å². The van der Waals surface area contributed by atoms with Gasteiger partial charge in [-0.3, -0.25) is 5.43 Å². The molecule has 130 valence electrons. The number of benzene rings is 2. The first-order valence-corrected chi connectivity index (χ1v) is 9.44. The summed E-state index contributed by atoms with van der Waals surface area (Å²) in [5.74, 6) is 0.737. The SMILES string of the molecule is C/C(=N\Nc1nc(-c2cc3ccccc3o2)cs1)c1ccc(Cl)c(Cl)c1. The second-order valence-corrected chi connectivity index (χ2v) is 7.30. The number of nitrogens with zero attached hydrogens (tertiary/aromatic N) is 2. The summed E-state index contributed by atoms with van der Waals surface area (Å²) in [5.41, 5.74) is 6.27. The quantitative estimate of drug-likeness (QED) is 0.305. The predicted molar refractivity (Wildman–Crippen MR) is 110 cm³/mol. The normalized spacial score (nSPS) is 11.9. The van der Waals surface area contributed by atoms with Crippen LogP contribution in [0.25, 0.3) is 22.4 Å². The summed E-state index contributed by atoms with van der Waals surface area (Å²) < 4.78 is 5.84. The summed E-state index contributed by atoms with van der Waals surface area (Å²) in [7, 11) is 0. The molecular weight excluding hydrogens is 389 g/mol. The molecule has 0 aliphatic rings. The minimum absolute atomic E-state index is 0.500. The molecule has 1 N–H and O–H groups in total. The topological polar surface area (TPSA) is 50.4 Å². The third-order valence-corrected chi connectivity index (χ3v) is 5.32. The average molecular weight is 402 g/mol. The van der Waals surface area contributed by atoms with Gasteiger partial charge in [0.2, 0.25) is 5.13 Å². The van der Waals surface area contributed by atoms with Crippen molar-refractivity contribution in [3.05, 3.63) is 69.5 Å². The maximum Gasteiger partial charge on any atom is 0.204 e. The third-order valence-electron chi connectivity index (χ3n) is 3.84. The minimum atomic E-state index is 0.500. The van der Waals surface area contributed by atoms with Crippen molar-refractivity contribution >= 4 is 56.4 Å². The minimum Gasteiger partial charge on any atom is -0.454 e. The van der Waals surface area contributed by atoms with E-state index in [1.807, 2.05) is 48.7 Å². The van der Waals surface area contributed by atoms with Gasteiger partial charge in [-0.1, -0.05) is 47.5 Å². The highest BCUT2D eigenvalue weighted by molar-refractivity contribution is 7.14. The predicted octanol–water partition coefficient (Wildman–Crippen LogP) is 6.70. The number of fused-ring (bicyclic) bond motifs is 1. The molecule has 0 aliphatic carbocycles. The average Bonchev–Trinajstić information content (AvgIpc) is 3.28. The Hall–Kier alpha value is -2.34. The fourth-order valence-electron chi connectivity index (χ4n) is 2.46. The molecule has 2 heterocycles. The lowest BCUT2D eigenvalue weighted by atomic mass is 10.1. The van der Waals surface area contributed by atoms with Gasteiger partial charge in [0.25, 0.3) is 0 Å². The second-order valence-electron chi connectivity index (χ2n) is 5.62.